The lowest BCUT2D eigenvalue weighted by atomic mass is 10.1. The van der Waals surface area contributed by atoms with Crippen LogP contribution in [-0.4, -0.2) is 73.1 Å². The molecule has 4 aromatic heterocycles. The van der Waals surface area contributed by atoms with Gasteiger partial charge in [-0.2, -0.15) is 4.98 Å². The van der Waals surface area contributed by atoms with E-state index in [2.05, 4.69) is 35.2 Å². The van der Waals surface area contributed by atoms with E-state index in [9.17, 15) is 14.3 Å². The highest BCUT2D eigenvalue weighted by Gasteiger charge is 2.18. The number of pyridine rings is 1. The van der Waals surface area contributed by atoms with Crippen LogP contribution >= 0.6 is 11.3 Å². The van der Waals surface area contributed by atoms with Gasteiger partial charge in [-0.05, 0) is 45.4 Å². The topological polar surface area (TPSA) is 164 Å². The van der Waals surface area contributed by atoms with Gasteiger partial charge in [0.05, 0.1) is 48.0 Å². The van der Waals surface area contributed by atoms with Crippen molar-refractivity contribution in [3.05, 3.63) is 48.2 Å². The fourth-order valence-electron chi connectivity index (χ4n) is 3.88. The molecule has 5 aromatic rings. The Labute approximate surface area is 249 Å². The number of carbonyl (C=O) groups excluding carboxylic acids is 1. The van der Waals surface area contributed by atoms with E-state index in [4.69, 9.17) is 18.9 Å². The molecule has 1 aromatic carbocycles. The average Bonchev–Trinajstić information content (AvgIpc) is 3.37. The van der Waals surface area contributed by atoms with E-state index in [0.717, 1.165) is 11.1 Å². The molecule has 1 amide bonds. The minimum atomic E-state index is -0.782. The van der Waals surface area contributed by atoms with Gasteiger partial charge in [-0.15, -0.1) is 0 Å². The number of rotatable bonds is 11. The van der Waals surface area contributed by atoms with E-state index < -0.39 is 24.1 Å². The first-order valence-corrected chi connectivity index (χ1v) is 14.1. The zero-order valence-corrected chi connectivity index (χ0v) is 24.5. The standard InChI is InChI=1S/C28H28FN7O6S/c1-5-39-22-11-30-23-18(6-14(2)7-20(23)34-22)25-35-21-8-19(29)24(36-26(21)43-25)40-13-16(4)42-28(38)33-17-9-31-27(32-10-17)41-12-15(3)37/h6-11,15-16,37H,5,12-13H2,1-4H3,(H,33,38)/t15-,16-/m1/s1. The number of aliphatic hydroxyl groups is 1. The molecule has 0 saturated carbocycles. The highest BCUT2D eigenvalue weighted by atomic mass is 32.1. The Morgan fingerprint density at radius 1 is 1.00 bits per heavy atom. The fraction of sp³-hybridized carbons (Fsp3) is 0.321. The summed E-state index contributed by atoms with van der Waals surface area (Å²) in [4.78, 5) is 38.6. The predicted octanol–water partition coefficient (Wildman–Crippen LogP) is 4.71. The van der Waals surface area contributed by atoms with Gasteiger partial charge in [-0.1, -0.05) is 11.3 Å². The van der Waals surface area contributed by atoms with Crippen LogP contribution in [0.1, 0.15) is 26.3 Å². The third-order valence-electron chi connectivity index (χ3n) is 5.69. The van der Waals surface area contributed by atoms with Crippen LogP contribution < -0.4 is 19.5 Å². The van der Waals surface area contributed by atoms with Crippen molar-refractivity contribution in [2.45, 2.75) is 39.9 Å². The maximum Gasteiger partial charge on any atom is 0.412 e. The number of benzene rings is 1. The molecule has 43 heavy (non-hydrogen) atoms. The number of nitrogens with one attached hydrogen (secondary N) is 1. The van der Waals surface area contributed by atoms with E-state index >= 15 is 0 Å². The summed E-state index contributed by atoms with van der Waals surface area (Å²) in [5, 5.41) is 12.3. The smallest absolute Gasteiger partial charge is 0.412 e. The normalized spacial score (nSPS) is 12.6. The monoisotopic (exact) mass is 609 g/mol. The number of aryl methyl sites for hydroxylation is 1. The van der Waals surface area contributed by atoms with Crippen LogP contribution in [0.3, 0.4) is 0 Å². The third-order valence-corrected chi connectivity index (χ3v) is 6.69. The van der Waals surface area contributed by atoms with E-state index in [1.807, 2.05) is 26.0 Å². The van der Waals surface area contributed by atoms with E-state index in [0.29, 0.717) is 38.9 Å². The van der Waals surface area contributed by atoms with Crippen LogP contribution in [0.5, 0.6) is 17.8 Å². The summed E-state index contributed by atoms with van der Waals surface area (Å²) in [5.74, 6) is -0.513. The number of ether oxygens (including phenoxy) is 4. The van der Waals surface area contributed by atoms with Gasteiger partial charge in [0, 0.05) is 11.6 Å². The Hall–Kier alpha value is -4.76. The molecular weight excluding hydrogens is 581 g/mol. The largest absolute Gasteiger partial charge is 0.477 e. The average molecular weight is 610 g/mol. The summed E-state index contributed by atoms with van der Waals surface area (Å²) in [6, 6.07) is 5.16. The van der Waals surface area contributed by atoms with Gasteiger partial charge >= 0.3 is 12.1 Å². The second-order valence-corrected chi connectivity index (χ2v) is 10.5. The van der Waals surface area contributed by atoms with E-state index in [-0.39, 0.29) is 30.8 Å². The number of nitrogens with zero attached hydrogens (tertiary/aromatic N) is 6. The molecule has 224 valence electrons. The molecule has 5 rings (SSSR count). The molecule has 0 aliphatic rings. The summed E-state index contributed by atoms with van der Waals surface area (Å²) in [6.07, 6.45) is 2.02. The van der Waals surface area contributed by atoms with Gasteiger partial charge in [-0.3, -0.25) is 5.32 Å². The number of hydrogen-bond donors (Lipinski definition) is 2. The first kappa shape index (κ1) is 29.7. The molecule has 0 bridgehead atoms. The lowest BCUT2D eigenvalue weighted by Crippen LogP contribution is -2.25. The van der Waals surface area contributed by atoms with Crippen molar-refractivity contribution in [3.63, 3.8) is 0 Å². The van der Waals surface area contributed by atoms with E-state index in [1.54, 1.807) is 20.0 Å². The number of thiazole rings is 1. The zero-order chi connectivity index (χ0) is 30.5. The van der Waals surface area contributed by atoms with Crippen molar-refractivity contribution in [1.29, 1.82) is 0 Å². The van der Waals surface area contributed by atoms with Crippen molar-refractivity contribution in [2.24, 2.45) is 0 Å². The number of hydrogen-bond acceptors (Lipinski definition) is 13. The summed E-state index contributed by atoms with van der Waals surface area (Å²) in [6.45, 7) is 7.33. The molecule has 13 nitrogen and oxygen atoms in total. The second-order valence-electron chi connectivity index (χ2n) is 9.51. The molecule has 0 spiro atoms. The maximum atomic E-state index is 14.9. The van der Waals surface area contributed by atoms with Crippen LogP contribution in [0.15, 0.2) is 36.8 Å². The maximum absolute atomic E-state index is 14.9. The summed E-state index contributed by atoms with van der Waals surface area (Å²) < 4.78 is 36.4. The first-order chi connectivity index (χ1) is 20.7. The van der Waals surface area contributed by atoms with Crippen molar-refractivity contribution < 1.29 is 33.2 Å². The third kappa shape index (κ3) is 7.37. The molecule has 0 fully saturated rings. The van der Waals surface area contributed by atoms with Crippen LogP contribution in [0, 0.1) is 12.7 Å². The molecule has 0 aliphatic heterocycles. The summed E-state index contributed by atoms with van der Waals surface area (Å²) in [7, 11) is 0. The fourth-order valence-corrected chi connectivity index (χ4v) is 4.81. The summed E-state index contributed by atoms with van der Waals surface area (Å²) in [5.41, 5.74) is 3.64. The van der Waals surface area contributed by atoms with Crippen molar-refractivity contribution in [1.82, 2.24) is 29.9 Å². The van der Waals surface area contributed by atoms with Gasteiger partial charge in [0.25, 0.3) is 5.88 Å². The molecule has 2 N–H and O–H groups in total. The molecule has 15 heteroatoms. The number of anilines is 1. The van der Waals surface area contributed by atoms with E-state index in [1.165, 1.54) is 29.8 Å². The van der Waals surface area contributed by atoms with Gasteiger partial charge in [0.2, 0.25) is 5.88 Å². The summed E-state index contributed by atoms with van der Waals surface area (Å²) >= 11 is 1.27. The van der Waals surface area contributed by atoms with Gasteiger partial charge in [0.15, 0.2) is 5.82 Å². The number of fused-ring (bicyclic) bond motifs is 2. The van der Waals surface area contributed by atoms with Crippen LogP contribution in [-0.2, 0) is 4.74 Å². The highest BCUT2D eigenvalue weighted by Crippen LogP contribution is 2.35. The van der Waals surface area contributed by atoms with Gasteiger partial charge in [-0.25, -0.2) is 34.1 Å². The first-order valence-electron chi connectivity index (χ1n) is 13.3. The van der Waals surface area contributed by atoms with Crippen LogP contribution in [0.4, 0.5) is 14.9 Å². The molecule has 0 radical (unpaired) electrons. The molecule has 4 heterocycles. The lowest BCUT2D eigenvalue weighted by Gasteiger charge is -2.14. The van der Waals surface area contributed by atoms with Gasteiger partial charge in [0.1, 0.15) is 34.7 Å². The number of carbonyl (C=O) groups is 1. The Morgan fingerprint density at radius 2 is 1.79 bits per heavy atom. The molecule has 0 aliphatic carbocycles. The Morgan fingerprint density at radius 3 is 2.53 bits per heavy atom. The minimum absolute atomic E-state index is 0.0358. The Balaban J connectivity index is 1.23. The van der Waals surface area contributed by atoms with Crippen molar-refractivity contribution >= 4 is 44.5 Å². The molecule has 0 saturated heterocycles. The molecule has 2 atom stereocenters. The number of amides is 1. The Kier molecular flexibility index (Phi) is 9.01. The number of aromatic nitrogens is 6. The number of halogens is 1. The number of aliphatic hydroxyl groups excluding tert-OH is 1. The zero-order valence-electron chi connectivity index (χ0n) is 23.7. The Bertz CT molecular complexity index is 1750. The predicted molar refractivity (Wildman–Crippen MR) is 156 cm³/mol. The molecule has 0 unspecified atom stereocenters. The SMILES string of the molecule is CCOc1cnc2c(-c3nc4cc(F)c(OC[C@@H](C)OC(=O)Nc5cnc(OC[C@@H](C)O)nc5)nc4s3)cc(C)cc2n1. The van der Waals surface area contributed by atoms with Crippen LogP contribution in [0.2, 0.25) is 0 Å². The minimum Gasteiger partial charge on any atom is -0.477 e. The second kappa shape index (κ2) is 13.0. The highest BCUT2D eigenvalue weighted by molar-refractivity contribution is 7.21. The quantitative estimate of drug-likeness (QED) is 0.212. The molecular formula is C28H28FN7O6S. The van der Waals surface area contributed by atoms with Crippen LogP contribution in [0.25, 0.3) is 32.0 Å². The van der Waals surface area contributed by atoms with Gasteiger partial charge < -0.3 is 24.1 Å². The van der Waals surface area contributed by atoms with Crippen molar-refractivity contribution in [3.8, 4) is 28.3 Å². The van der Waals surface area contributed by atoms with Crippen molar-refractivity contribution in [2.75, 3.05) is 25.1 Å². The lowest BCUT2D eigenvalue weighted by molar-refractivity contribution is 0.0827.